The molecule has 0 fully saturated rings. The Labute approximate surface area is 207 Å². The molecule has 4 rings (SSSR count). The van der Waals surface area contributed by atoms with E-state index >= 15 is 0 Å². The fourth-order valence-corrected chi connectivity index (χ4v) is 3.76. The molecule has 0 bridgehead atoms. The van der Waals surface area contributed by atoms with Crippen LogP contribution >= 0.6 is 0 Å². The van der Waals surface area contributed by atoms with Crippen LogP contribution in [0.4, 0.5) is 5.69 Å². The van der Waals surface area contributed by atoms with Crippen LogP contribution in [0.5, 0.6) is 5.75 Å². The summed E-state index contributed by atoms with van der Waals surface area (Å²) in [6.07, 6.45) is 5.33. The molecule has 1 aliphatic heterocycles. The van der Waals surface area contributed by atoms with E-state index in [0.717, 1.165) is 28.1 Å². The van der Waals surface area contributed by atoms with E-state index < -0.39 is 13.1 Å². The number of nitrogens with one attached hydrogen (secondary N) is 2. The quantitative estimate of drug-likeness (QED) is 0.395. The summed E-state index contributed by atoms with van der Waals surface area (Å²) in [5.41, 5.74) is 4.70. The van der Waals surface area contributed by atoms with E-state index in [-0.39, 0.29) is 11.5 Å². The van der Waals surface area contributed by atoms with Gasteiger partial charge in [-0.05, 0) is 47.4 Å². The molecule has 1 aliphatic rings. The van der Waals surface area contributed by atoms with Gasteiger partial charge in [-0.3, -0.25) is 4.98 Å². The number of fused-ring (bicyclic) bond motifs is 1. The van der Waals surface area contributed by atoms with Crippen molar-refractivity contribution in [3.05, 3.63) is 95.8 Å². The Morgan fingerprint density at radius 3 is 2.69 bits per heavy atom. The molecule has 35 heavy (non-hydrogen) atoms. The number of rotatable bonds is 8. The van der Waals surface area contributed by atoms with Crippen LogP contribution in [0.1, 0.15) is 47.3 Å². The first-order valence-corrected chi connectivity index (χ1v) is 11.7. The summed E-state index contributed by atoms with van der Waals surface area (Å²) in [5, 5.41) is 16.2. The lowest BCUT2D eigenvalue weighted by atomic mass is 9.71. The molecule has 182 valence electrons. The molecule has 0 saturated heterocycles. The average molecular weight is 473 g/mol. The highest BCUT2D eigenvalue weighted by Gasteiger charge is 2.38. The van der Waals surface area contributed by atoms with Crippen LogP contribution in [0.2, 0.25) is 0 Å². The van der Waals surface area contributed by atoms with Crippen molar-refractivity contribution >= 4 is 24.5 Å². The molecule has 3 N–H and O–H groups in total. The summed E-state index contributed by atoms with van der Waals surface area (Å²) >= 11 is 0. The van der Waals surface area contributed by atoms with Gasteiger partial charge in [0, 0.05) is 31.7 Å². The summed E-state index contributed by atoms with van der Waals surface area (Å²) in [4.78, 5) is 15.6. The van der Waals surface area contributed by atoms with Crippen molar-refractivity contribution < 1.29 is 19.2 Å². The largest absolute Gasteiger partial charge is 0.549 e. The number of pyridine rings is 1. The fourth-order valence-electron chi connectivity index (χ4n) is 3.76. The Morgan fingerprint density at radius 1 is 1.23 bits per heavy atom. The number of hydrogen-bond acceptors (Lipinski definition) is 6. The number of carboxylic acid groups (broad SMARTS) is 1. The maximum Gasteiger partial charge on any atom is 0.549 e. The number of aromatic nitrogens is 1. The highest BCUT2D eigenvalue weighted by molar-refractivity contribution is 6.48. The molecule has 0 aliphatic carbocycles. The zero-order valence-corrected chi connectivity index (χ0v) is 20.5. The van der Waals surface area contributed by atoms with Crippen molar-refractivity contribution in [3.63, 3.8) is 0 Å². The third kappa shape index (κ3) is 6.86. The van der Waals surface area contributed by atoms with E-state index in [1.807, 2.05) is 36.4 Å². The van der Waals surface area contributed by atoms with Crippen LogP contribution < -0.4 is 15.3 Å². The van der Waals surface area contributed by atoms with Crippen LogP contribution in [0.3, 0.4) is 0 Å². The second-order valence-corrected chi connectivity index (χ2v) is 8.26. The van der Waals surface area contributed by atoms with Gasteiger partial charge in [0.2, 0.25) is 0 Å². The van der Waals surface area contributed by atoms with E-state index in [2.05, 4.69) is 42.1 Å². The summed E-state index contributed by atoms with van der Waals surface area (Å²) in [5.74, 6) is -0.885. The zero-order chi connectivity index (χ0) is 25.2. The number of hydrogen-bond donors (Lipinski definition) is 3. The normalized spacial score (nSPS) is 14.0. The van der Waals surface area contributed by atoms with Gasteiger partial charge in [0.25, 0.3) is 0 Å². The van der Waals surface area contributed by atoms with Gasteiger partial charge in [-0.1, -0.05) is 57.2 Å². The van der Waals surface area contributed by atoms with Crippen molar-refractivity contribution in [1.29, 1.82) is 0 Å². The van der Waals surface area contributed by atoms with Gasteiger partial charge in [0.05, 0.1) is 17.2 Å². The summed E-state index contributed by atoms with van der Waals surface area (Å²) in [7, 11) is 0.900. The van der Waals surface area contributed by atoms with Crippen molar-refractivity contribution in [3.8, 4) is 5.75 Å². The number of anilines is 1. The molecular weight excluding hydrogens is 441 g/mol. The Kier molecular flexibility index (Phi) is 9.32. The fraction of sp³-hybridized carbons (Fsp3) is 0.259. The van der Waals surface area contributed by atoms with E-state index in [0.29, 0.717) is 18.7 Å². The van der Waals surface area contributed by atoms with E-state index in [4.69, 9.17) is 9.31 Å². The van der Waals surface area contributed by atoms with E-state index in [1.54, 1.807) is 25.6 Å². The lowest BCUT2D eigenvalue weighted by Crippen LogP contribution is -2.51. The van der Waals surface area contributed by atoms with Gasteiger partial charge in [0.1, 0.15) is 5.75 Å². The first-order chi connectivity index (χ1) is 17.0. The number of para-hydroxylation sites is 1. The standard InChI is InChI=1S/C24H24BN3O4.C3H8/c1-16(18-7-3-6-17(12-18)14-27-20-9-5-11-26-15-20)28-22-13-19-8-4-10-21(24(29)30)23(19)32-25(22)31-2;1-3-2/h3-12,15,22,27-28H,1,13-14H2,2H3,(H,29,30);3H2,1-2H3. The molecule has 2 heterocycles. The zero-order valence-electron chi connectivity index (χ0n) is 20.5. The predicted molar refractivity (Wildman–Crippen MR) is 140 cm³/mol. The highest BCUT2D eigenvalue weighted by atomic mass is 16.6. The van der Waals surface area contributed by atoms with Crippen molar-refractivity contribution in [2.45, 2.75) is 39.2 Å². The van der Waals surface area contributed by atoms with Crippen LogP contribution in [-0.4, -0.2) is 36.2 Å². The van der Waals surface area contributed by atoms with Gasteiger partial charge >= 0.3 is 13.1 Å². The maximum atomic E-state index is 11.5. The van der Waals surface area contributed by atoms with Crippen molar-refractivity contribution in [1.82, 2.24) is 10.3 Å². The topological polar surface area (TPSA) is 92.7 Å². The Morgan fingerprint density at radius 2 is 2.00 bits per heavy atom. The molecule has 0 saturated carbocycles. The average Bonchev–Trinajstić information content (AvgIpc) is 2.87. The van der Waals surface area contributed by atoms with E-state index in [9.17, 15) is 9.90 Å². The predicted octanol–water partition coefficient (Wildman–Crippen LogP) is 5.05. The lowest BCUT2D eigenvalue weighted by Gasteiger charge is -2.31. The highest BCUT2D eigenvalue weighted by Crippen LogP contribution is 2.31. The first-order valence-electron chi connectivity index (χ1n) is 11.7. The first kappa shape index (κ1) is 25.8. The molecule has 0 amide bonds. The van der Waals surface area contributed by atoms with Gasteiger partial charge in [0.15, 0.2) is 0 Å². The Balaban J connectivity index is 0.00000108. The number of nitrogens with zero attached hydrogens (tertiary/aromatic N) is 1. The second kappa shape index (κ2) is 12.6. The molecule has 0 spiro atoms. The smallest absolute Gasteiger partial charge is 0.534 e. The molecule has 7 nitrogen and oxygen atoms in total. The number of benzene rings is 2. The molecule has 3 aromatic rings. The molecule has 8 heteroatoms. The SMILES string of the molecule is C=C(NC1Cc2cccc(C(=O)O)c2OB1OC)c1cccc(CNc2cccnc2)c1.CCC. The summed E-state index contributed by atoms with van der Waals surface area (Å²) in [6, 6.07) is 17.1. The Hall–Kier alpha value is -3.78. The van der Waals surface area contributed by atoms with Gasteiger partial charge in [-0.25, -0.2) is 4.79 Å². The van der Waals surface area contributed by atoms with Crippen molar-refractivity contribution in [2.75, 3.05) is 12.4 Å². The monoisotopic (exact) mass is 473 g/mol. The third-order valence-electron chi connectivity index (χ3n) is 5.35. The molecule has 0 radical (unpaired) electrons. The number of carboxylic acids is 1. The van der Waals surface area contributed by atoms with Gasteiger partial charge in [-0.2, -0.15) is 0 Å². The lowest BCUT2D eigenvalue weighted by molar-refractivity contribution is 0.0694. The summed E-state index contributed by atoms with van der Waals surface area (Å²) < 4.78 is 11.4. The van der Waals surface area contributed by atoms with E-state index in [1.165, 1.54) is 12.5 Å². The third-order valence-corrected chi connectivity index (χ3v) is 5.35. The van der Waals surface area contributed by atoms with Gasteiger partial charge < -0.3 is 25.0 Å². The number of aromatic carboxylic acids is 1. The van der Waals surface area contributed by atoms with Crippen LogP contribution in [0.25, 0.3) is 5.70 Å². The molecule has 1 aromatic heterocycles. The summed E-state index contributed by atoms with van der Waals surface area (Å²) in [6.45, 7) is 9.11. The minimum Gasteiger partial charge on any atom is -0.534 e. The van der Waals surface area contributed by atoms with Gasteiger partial charge in [-0.15, -0.1) is 0 Å². The van der Waals surface area contributed by atoms with Crippen LogP contribution in [0.15, 0.2) is 73.6 Å². The Bertz CT molecular complexity index is 1140. The molecule has 1 unspecified atom stereocenters. The molecule has 1 atom stereocenters. The molecular formula is C27H32BN3O4. The number of carbonyl (C=O) groups is 1. The minimum atomic E-state index is -1.02. The van der Waals surface area contributed by atoms with Crippen LogP contribution in [0, 0.1) is 0 Å². The second-order valence-electron chi connectivity index (χ2n) is 8.26. The van der Waals surface area contributed by atoms with Crippen molar-refractivity contribution in [2.24, 2.45) is 0 Å². The maximum absolute atomic E-state index is 11.5. The minimum absolute atomic E-state index is 0.135. The van der Waals surface area contributed by atoms with Crippen LogP contribution in [-0.2, 0) is 17.6 Å². The molecule has 2 aromatic carbocycles.